The molecule has 34 heavy (non-hydrogen) atoms. The summed E-state index contributed by atoms with van der Waals surface area (Å²) in [6.07, 6.45) is 4.17. The lowest BCUT2D eigenvalue weighted by Crippen LogP contribution is -2.54. The molecule has 2 unspecified atom stereocenters. The molecule has 2 heterocycles. The van der Waals surface area contributed by atoms with Crippen LogP contribution in [0.25, 0.3) is 10.9 Å². The van der Waals surface area contributed by atoms with Crippen molar-refractivity contribution in [3.05, 3.63) is 101 Å². The van der Waals surface area contributed by atoms with Gasteiger partial charge in [0.2, 0.25) is 0 Å². The fourth-order valence-electron chi connectivity index (χ4n) is 6.41. The fraction of sp³-hybridized carbons (Fsp3) is 0.333. The summed E-state index contributed by atoms with van der Waals surface area (Å²) in [6, 6.07) is 24.6. The Balaban J connectivity index is 1.35. The van der Waals surface area contributed by atoms with E-state index in [4.69, 9.17) is 4.74 Å². The summed E-state index contributed by atoms with van der Waals surface area (Å²) in [6.45, 7) is 3.25. The number of nitrogens with one attached hydrogen (secondary N) is 1. The van der Waals surface area contributed by atoms with Crippen LogP contribution in [0.4, 0.5) is 4.39 Å². The summed E-state index contributed by atoms with van der Waals surface area (Å²) >= 11 is 0. The number of fused-ring (bicyclic) bond motifs is 4. The molecule has 1 aliphatic carbocycles. The number of H-pyrrole nitrogens is 1. The highest BCUT2D eigenvalue weighted by Gasteiger charge is 2.48. The molecule has 1 aliphatic heterocycles. The van der Waals surface area contributed by atoms with Crippen molar-refractivity contribution in [3.63, 3.8) is 0 Å². The Morgan fingerprint density at radius 1 is 1.06 bits per heavy atom. The number of aromatic amines is 1. The van der Waals surface area contributed by atoms with Crippen LogP contribution in [0.2, 0.25) is 0 Å². The van der Waals surface area contributed by atoms with Crippen LogP contribution in [-0.4, -0.2) is 36.6 Å². The Morgan fingerprint density at radius 2 is 1.94 bits per heavy atom. The second-order valence-corrected chi connectivity index (χ2v) is 10.0. The number of likely N-dealkylation sites (tertiary alicyclic amines) is 1. The van der Waals surface area contributed by atoms with E-state index in [1.807, 2.05) is 12.1 Å². The lowest BCUT2D eigenvalue weighted by Gasteiger charge is -2.51. The normalized spacial score (nSPS) is 22.4. The molecule has 4 heteroatoms. The maximum Gasteiger partial charge on any atom is 0.125 e. The molecule has 1 saturated heterocycles. The third kappa shape index (κ3) is 3.70. The Bertz CT molecular complexity index is 1310. The van der Waals surface area contributed by atoms with Crippen molar-refractivity contribution in [3.8, 4) is 5.75 Å². The molecule has 2 atom stereocenters. The monoisotopic (exact) mass is 454 g/mol. The molecule has 1 fully saturated rings. The Labute approximate surface area is 200 Å². The van der Waals surface area contributed by atoms with Crippen molar-refractivity contribution in [2.24, 2.45) is 5.92 Å². The molecular weight excluding hydrogens is 423 g/mol. The van der Waals surface area contributed by atoms with Crippen LogP contribution in [0, 0.1) is 11.7 Å². The van der Waals surface area contributed by atoms with Crippen molar-refractivity contribution >= 4 is 10.9 Å². The summed E-state index contributed by atoms with van der Waals surface area (Å²) in [5.74, 6) is 1.24. The standard InChI is InChI=1S/C30H31FN2O/c1-34-25-9-5-8-22(16-25)30-13-15-33(14-12-21-6-3-2-4-7-21)20-23(30)17-27-26-11-10-24(31)18-28(26)32-29(27)19-30/h2-11,16,18,23,32H,12-15,17,19-20H2,1H3. The van der Waals surface area contributed by atoms with E-state index in [-0.39, 0.29) is 11.2 Å². The van der Waals surface area contributed by atoms with Crippen LogP contribution in [0.1, 0.15) is 28.8 Å². The summed E-state index contributed by atoms with van der Waals surface area (Å²) in [4.78, 5) is 6.23. The summed E-state index contributed by atoms with van der Waals surface area (Å²) in [7, 11) is 1.74. The number of ether oxygens (including phenoxy) is 1. The largest absolute Gasteiger partial charge is 0.497 e. The molecular formula is C30H31FN2O. The van der Waals surface area contributed by atoms with Gasteiger partial charge in [-0.15, -0.1) is 0 Å². The van der Waals surface area contributed by atoms with Crippen LogP contribution in [-0.2, 0) is 24.7 Å². The minimum Gasteiger partial charge on any atom is -0.497 e. The van der Waals surface area contributed by atoms with E-state index >= 15 is 0 Å². The van der Waals surface area contributed by atoms with Gasteiger partial charge >= 0.3 is 0 Å². The average molecular weight is 455 g/mol. The molecule has 1 N–H and O–H groups in total. The highest BCUT2D eigenvalue weighted by molar-refractivity contribution is 5.85. The number of hydrogen-bond donors (Lipinski definition) is 1. The smallest absolute Gasteiger partial charge is 0.125 e. The van der Waals surface area contributed by atoms with Gasteiger partial charge in [-0.2, -0.15) is 0 Å². The van der Waals surface area contributed by atoms with E-state index in [0.717, 1.165) is 56.6 Å². The second-order valence-electron chi connectivity index (χ2n) is 10.0. The number of aromatic nitrogens is 1. The highest BCUT2D eigenvalue weighted by atomic mass is 19.1. The lowest BCUT2D eigenvalue weighted by atomic mass is 9.58. The van der Waals surface area contributed by atoms with Gasteiger partial charge in [0.25, 0.3) is 0 Å². The Kier molecular flexibility index (Phi) is 5.41. The summed E-state index contributed by atoms with van der Waals surface area (Å²) in [5.41, 5.74) is 6.41. The van der Waals surface area contributed by atoms with E-state index in [1.165, 1.54) is 27.8 Å². The molecule has 0 bridgehead atoms. The van der Waals surface area contributed by atoms with Crippen LogP contribution >= 0.6 is 0 Å². The van der Waals surface area contributed by atoms with Crippen molar-refractivity contribution in [2.45, 2.75) is 31.1 Å². The van der Waals surface area contributed by atoms with Gasteiger partial charge in [-0.25, -0.2) is 4.39 Å². The molecule has 3 nitrogen and oxygen atoms in total. The van der Waals surface area contributed by atoms with E-state index in [9.17, 15) is 4.39 Å². The maximum absolute atomic E-state index is 14.0. The zero-order chi connectivity index (χ0) is 23.1. The van der Waals surface area contributed by atoms with Gasteiger partial charge in [0.05, 0.1) is 7.11 Å². The number of benzene rings is 3. The van der Waals surface area contributed by atoms with Crippen LogP contribution < -0.4 is 4.74 Å². The van der Waals surface area contributed by atoms with Gasteiger partial charge in [-0.1, -0.05) is 42.5 Å². The molecule has 0 saturated carbocycles. The quantitative estimate of drug-likeness (QED) is 0.406. The number of piperidine rings is 1. The van der Waals surface area contributed by atoms with E-state index in [1.54, 1.807) is 19.2 Å². The van der Waals surface area contributed by atoms with Crippen LogP contribution in [0.5, 0.6) is 5.75 Å². The first-order valence-electron chi connectivity index (χ1n) is 12.3. The lowest BCUT2D eigenvalue weighted by molar-refractivity contribution is 0.0822. The fourth-order valence-corrected chi connectivity index (χ4v) is 6.41. The molecule has 0 spiro atoms. The van der Waals surface area contributed by atoms with Gasteiger partial charge in [0, 0.05) is 35.1 Å². The second kappa shape index (κ2) is 8.59. The van der Waals surface area contributed by atoms with Crippen LogP contribution in [0.3, 0.4) is 0 Å². The molecule has 1 aromatic heterocycles. The SMILES string of the molecule is COc1cccc(C23CCN(CCc4ccccc4)CC2Cc2c([nH]c4cc(F)ccc24)C3)c1. The summed E-state index contributed by atoms with van der Waals surface area (Å²) < 4.78 is 19.6. The number of hydrogen-bond acceptors (Lipinski definition) is 2. The molecule has 3 aromatic carbocycles. The third-order valence-electron chi connectivity index (χ3n) is 8.24. The highest BCUT2D eigenvalue weighted by Crippen LogP contribution is 2.49. The first-order chi connectivity index (χ1) is 16.6. The number of nitrogens with zero attached hydrogens (tertiary/aromatic N) is 1. The zero-order valence-electron chi connectivity index (χ0n) is 19.7. The van der Waals surface area contributed by atoms with Gasteiger partial charge in [0.15, 0.2) is 0 Å². The minimum atomic E-state index is -0.182. The molecule has 2 aliphatic rings. The van der Waals surface area contributed by atoms with Crippen molar-refractivity contribution < 1.29 is 9.13 Å². The molecule has 0 radical (unpaired) electrons. The minimum absolute atomic E-state index is 0.0597. The van der Waals surface area contributed by atoms with Crippen molar-refractivity contribution in [1.82, 2.24) is 9.88 Å². The van der Waals surface area contributed by atoms with Gasteiger partial charge < -0.3 is 14.6 Å². The van der Waals surface area contributed by atoms with E-state index in [0.29, 0.717) is 5.92 Å². The Morgan fingerprint density at radius 3 is 2.79 bits per heavy atom. The maximum atomic E-state index is 14.0. The molecule has 6 rings (SSSR count). The van der Waals surface area contributed by atoms with Gasteiger partial charge in [-0.3, -0.25) is 0 Å². The summed E-state index contributed by atoms with van der Waals surface area (Å²) in [5, 5.41) is 1.18. The van der Waals surface area contributed by atoms with Crippen molar-refractivity contribution in [2.75, 3.05) is 26.7 Å². The number of halogens is 1. The number of methoxy groups -OCH3 is 1. The molecule has 0 amide bonds. The van der Waals surface area contributed by atoms with E-state index < -0.39 is 0 Å². The van der Waals surface area contributed by atoms with E-state index in [2.05, 4.69) is 58.4 Å². The van der Waals surface area contributed by atoms with Crippen LogP contribution in [0.15, 0.2) is 72.8 Å². The predicted octanol–water partition coefficient (Wildman–Crippen LogP) is 5.92. The zero-order valence-corrected chi connectivity index (χ0v) is 19.7. The molecule has 174 valence electrons. The third-order valence-corrected chi connectivity index (χ3v) is 8.24. The Hall–Kier alpha value is -3.11. The molecule has 4 aromatic rings. The van der Waals surface area contributed by atoms with Gasteiger partial charge in [0.1, 0.15) is 11.6 Å². The average Bonchev–Trinajstić information content (AvgIpc) is 3.22. The van der Waals surface area contributed by atoms with Crippen molar-refractivity contribution in [1.29, 1.82) is 0 Å². The van der Waals surface area contributed by atoms with Gasteiger partial charge in [-0.05, 0) is 85.2 Å². The first-order valence-corrected chi connectivity index (χ1v) is 12.3. The number of rotatable bonds is 5. The topological polar surface area (TPSA) is 28.3 Å². The predicted molar refractivity (Wildman–Crippen MR) is 135 cm³/mol. The first kappa shape index (κ1) is 21.4.